The fraction of sp³-hybridized carbons (Fsp3) is 0.353. The Labute approximate surface area is 137 Å². The minimum atomic E-state index is -0.923. The van der Waals surface area contributed by atoms with E-state index in [0.717, 1.165) is 22.2 Å². The molecule has 7 nitrogen and oxygen atoms in total. The molecule has 0 unspecified atom stereocenters. The summed E-state index contributed by atoms with van der Waals surface area (Å²) >= 11 is 0. The summed E-state index contributed by atoms with van der Waals surface area (Å²) in [6.45, 7) is 0.542. The number of urea groups is 1. The number of H-pyrrole nitrogens is 1. The van der Waals surface area contributed by atoms with Crippen LogP contribution in [0.1, 0.15) is 24.1 Å². The van der Waals surface area contributed by atoms with Gasteiger partial charge in [0.05, 0.1) is 6.54 Å². The maximum absolute atomic E-state index is 12.6. The van der Waals surface area contributed by atoms with Crippen molar-refractivity contribution >= 4 is 28.8 Å². The number of hydrogen-bond acceptors (Lipinski definition) is 3. The van der Waals surface area contributed by atoms with Crippen LogP contribution in [0, 0.1) is 0 Å². The molecule has 24 heavy (non-hydrogen) atoms. The Kier molecular flexibility index (Phi) is 3.30. The lowest BCUT2D eigenvalue weighted by Gasteiger charge is -2.26. The molecule has 1 aromatic carbocycles. The van der Waals surface area contributed by atoms with Crippen LogP contribution in [-0.4, -0.2) is 50.4 Å². The minimum Gasteiger partial charge on any atom is -0.481 e. The van der Waals surface area contributed by atoms with Crippen LogP contribution in [0.4, 0.5) is 4.79 Å². The van der Waals surface area contributed by atoms with E-state index in [1.807, 2.05) is 24.3 Å². The molecule has 4 rings (SSSR count). The molecule has 0 radical (unpaired) electrons. The van der Waals surface area contributed by atoms with Crippen molar-refractivity contribution < 1.29 is 19.5 Å². The topological polar surface area (TPSA) is 93.7 Å². The number of carboxylic acids is 1. The van der Waals surface area contributed by atoms with Gasteiger partial charge in [-0.1, -0.05) is 18.2 Å². The van der Waals surface area contributed by atoms with E-state index in [4.69, 9.17) is 5.11 Å². The number of fused-ring (bicyclic) bond motifs is 4. The maximum Gasteiger partial charge on any atom is 0.327 e. The van der Waals surface area contributed by atoms with Crippen molar-refractivity contribution in [2.45, 2.75) is 31.8 Å². The Balaban J connectivity index is 1.59. The van der Waals surface area contributed by atoms with Crippen LogP contribution in [0.2, 0.25) is 0 Å². The molecule has 0 spiro atoms. The van der Waals surface area contributed by atoms with E-state index < -0.39 is 12.0 Å². The van der Waals surface area contributed by atoms with Crippen molar-refractivity contribution in [1.29, 1.82) is 0 Å². The standard InChI is InChI=1S/C17H17N3O4/c21-15(22)6-3-7-19-16(23)14-8-11-10-4-1-2-5-12(10)18-13(11)9-20(14)17(19)24/h1-2,4-5,14,18H,3,6-9H2,(H,21,22)/t14-/m0/s1. The number of carbonyl (C=O) groups is 3. The predicted octanol–water partition coefficient (Wildman–Crippen LogP) is 1.72. The summed E-state index contributed by atoms with van der Waals surface area (Å²) in [6, 6.07) is 7.12. The average molecular weight is 327 g/mol. The van der Waals surface area contributed by atoms with Crippen molar-refractivity contribution in [3.8, 4) is 0 Å². The molecule has 1 atom stereocenters. The van der Waals surface area contributed by atoms with Gasteiger partial charge in [0.2, 0.25) is 0 Å². The summed E-state index contributed by atoms with van der Waals surface area (Å²) in [5.41, 5.74) is 3.09. The monoisotopic (exact) mass is 327 g/mol. The number of amides is 3. The molecule has 1 saturated heterocycles. The Morgan fingerprint density at radius 3 is 2.88 bits per heavy atom. The van der Waals surface area contributed by atoms with Gasteiger partial charge in [-0.15, -0.1) is 0 Å². The quantitative estimate of drug-likeness (QED) is 0.836. The normalized spacial score (nSPS) is 19.8. The van der Waals surface area contributed by atoms with Gasteiger partial charge in [0.25, 0.3) is 5.91 Å². The van der Waals surface area contributed by atoms with E-state index in [2.05, 4.69) is 4.98 Å². The number of nitrogens with one attached hydrogen (secondary N) is 1. The van der Waals surface area contributed by atoms with Crippen molar-refractivity contribution in [2.24, 2.45) is 0 Å². The molecular weight excluding hydrogens is 310 g/mol. The van der Waals surface area contributed by atoms with Gasteiger partial charge >= 0.3 is 12.0 Å². The first-order valence-electron chi connectivity index (χ1n) is 7.98. The van der Waals surface area contributed by atoms with Crippen molar-refractivity contribution in [3.05, 3.63) is 35.5 Å². The Bertz CT molecular complexity index is 857. The Morgan fingerprint density at radius 2 is 2.08 bits per heavy atom. The number of imide groups is 1. The number of hydrogen-bond donors (Lipinski definition) is 2. The molecule has 2 aromatic rings. The molecule has 3 amide bonds. The molecule has 1 aromatic heterocycles. The number of nitrogens with zero attached hydrogens (tertiary/aromatic N) is 2. The SMILES string of the molecule is O=C(O)CCCN1C(=O)[C@@H]2Cc3c([nH]c4ccccc34)CN2C1=O. The summed E-state index contributed by atoms with van der Waals surface area (Å²) in [4.78, 5) is 41.9. The molecule has 2 aliphatic heterocycles. The molecule has 1 fully saturated rings. The van der Waals surface area contributed by atoms with Crippen LogP contribution in [0.25, 0.3) is 10.9 Å². The van der Waals surface area contributed by atoms with E-state index in [-0.39, 0.29) is 31.3 Å². The number of aromatic nitrogens is 1. The van der Waals surface area contributed by atoms with Crippen molar-refractivity contribution in [2.75, 3.05) is 6.54 Å². The highest BCUT2D eigenvalue weighted by atomic mass is 16.4. The maximum atomic E-state index is 12.6. The van der Waals surface area contributed by atoms with E-state index in [0.29, 0.717) is 13.0 Å². The van der Waals surface area contributed by atoms with E-state index in [1.165, 1.54) is 4.90 Å². The highest BCUT2D eigenvalue weighted by Crippen LogP contribution is 2.34. The molecule has 0 bridgehead atoms. The van der Waals surface area contributed by atoms with Gasteiger partial charge < -0.3 is 15.0 Å². The zero-order chi connectivity index (χ0) is 16.8. The largest absolute Gasteiger partial charge is 0.481 e. The lowest BCUT2D eigenvalue weighted by molar-refractivity contribution is -0.137. The number of rotatable bonds is 4. The molecule has 0 aliphatic carbocycles. The lowest BCUT2D eigenvalue weighted by atomic mass is 9.97. The molecule has 124 valence electrons. The lowest BCUT2D eigenvalue weighted by Crippen LogP contribution is -2.39. The molecule has 3 heterocycles. The zero-order valence-corrected chi connectivity index (χ0v) is 13.0. The highest BCUT2D eigenvalue weighted by molar-refractivity contribution is 6.05. The smallest absolute Gasteiger partial charge is 0.327 e. The van der Waals surface area contributed by atoms with Gasteiger partial charge in [-0.05, 0) is 18.1 Å². The van der Waals surface area contributed by atoms with E-state index in [9.17, 15) is 14.4 Å². The summed E-state index contributed by atoms with van der Waals surface area (Å²) in [5.74, 6) is -1.14. The van der Waals surface area contributed by atoms with Crippen LogP contribution in [0.5, 0.6) is 0 Å². The fourth-order valence-electron chi connectivity index (χ4n) is 3.65. The number of aliphatic carboxylic acids is 1. The predicted molar refractivity (Wildman–Crippen MR) is 85.3 cm³/mol. The van der Waals surface area contributed by atoms with Crippen LogP contribution < -0.4 is 0 Å². The van der Waals surface area contributed by atoms with Gasteiger partial charge in [0.1, 0.15) is 6.04 Å². The highest BCUT2D eigenvalue weighted by Gasteiger charge is 2.47. The van der Waals surface area contributed by atoms with E-state index >= 15 is 0 Å². The number of benzene rings is 1. The number of carbonyl (C=O) groups excluding carboxylic acids is 2. The van der Waals surface area contributed by atoms with Gasteiger partial charge in [-0.2, -0.15) is 0 Å². The fourth-order valence-corrected chi connectivity index (χ4v) is 3.65. The zero-order valence-electron chi connectivity index (χ0n) is 13.0. The number of aromatic amines is 1. The van der Waals surface area contributed by atoms with Crippen LogP contribution >= 0.6 is 0 Å². The molecule has 0 saturated carbocycles. The minimum absolute atomic E-state index is 0.0502. The number of carboxylic acid groups (broad SMARTS) is 1. The third-order valence-electron chi connectivity index (χ3n) is 4.80. The van der Waals surface area contributed by atoms with Crippen LogP contribution in [0.15, 0.2) is 24.3 Å². The molecular formula is C17H17N3O4. The number of para-hydroxylation sites is 1. The summed E-state index contributed by atoms with van der Waals surface area (Å²) in [7, 11) is 0. The van der Waals surface area contributed by atoms with Gasteiger partial charge in [0.15, 0.2) is 0 Å². The van der Waals surface area contributed by atoms with E-state index in [1.54, 1.807) is 4.90 Å². The van der Waals surface area contributed by atoms with Gasteiger partial charge in [-0.25, -0.2) is 4.79 Å². The second kappa shape index (κ2) is 5.36. The third kappa shape index (κ3) is 2.16. The Hall–Kier alpha value is -2.83. The van der Waals surface area contributed by atoms with Gasteiger partial charge in [0, 0.05) is 36.0 Å². The molecule has 7 heteroatoms. The van der Waals surface area contributed by atoms with Gasteiger partial charge in [-0.3, -0.25) is 14.5 Å². The van der Waals surface area contributed by atoms with Crippen LogP contribution in [0.3, 0.4) is 0 Å². The summed E-state index contributed by atoms with van der Waals surface area (Å²) in [6.07, 6.45) is 0.729. The van der Waals surface area contributed by atoms with Crippen molar-refractivity contribution in [3.63, 3.8) is 0 Å². The first-order chi connectivity index (χ1) is 11.6. The third-order valence-corrected chi connectivity index (χ3v) is 4.80. The molecule has 2 N–H and O–H groups in total. The Morgan fingerprint density at radius 1 is 1.29 bits per heavy atom. The summed E-state index contributed by atoms with van der Waals surface area (Å²) < 4.78 is 0. The van der Waals surface area contributed by atoms with Crippen molar-refractivity contribution in [1.82, 2.24) is 14.8 Å². The first kappa shape index (κ1) is 14.7. The molecule has 2 aliphatic rings. The second-order valence-corrected chi connectivity index (χ2v) is 6.25. The summed E-state index contributed by atoms with van der Waals surface area (Å²) in [5, 5.41) is 9.81. The van der Waals surface area contributed by atoms with Crippen LogP contribution in [-0.2, 0) is 22.6 Å². The second-order valence-electron chi connectivity index (χ2n) is 6.25. The average Bonchev–Trinajstić information content (AvgIpc) is 3.03. The first-order valence-corrected chi connectivity index (χ1v) is 7.98.